The van der Waals surface area contributed by atoms with Gasteiger partial charge < -0.3 is 10.0 Å². The van der Waals surface area contributed by atoms with E-state index < -0.39 is 0 Å². The van der Waals surface area contributed by atoms with E-state index in [4.69, 9.17) is 0 Å². The summed E-state index contributed by atoms with van der Waals surface area (Å²) in [5.41, 5.74) is 1.10. The summed E-state index contributed by atoms with van der Waals surface area (Å²) in [5, 5.41) is 9.24. The lowest BCUT2D eigenvalue weighted by atomic mass is 10.1. The number of benzene rings is 1. The van der Waals surface area contributed by atoms with Gasteiger partial charge in [0.1, 0.15) is 0 Å². The summed E-state index contributed by atoms with van der Waals surface area (Å²) < 4.78 is 0. The molecule has 2 rings (SSSR count). The van der Waals surface area contributed by atoms with Crippen LogP contribution in [0.25, 0.3) is 0 Å². The predicted octanol–water partition coefficient (Wildman–Crippen LogP) is 1.44. The van der Waals surface area contributed by atoms with Crippen molar-refractivity contribution in [3.63, 3.8) is 0 Å². The number of rotatable bonds is 6. The molecule has 1 fully saturated rings. The maximum Gasteiger partial charge on any atom is 0.240 e. The summed E-state index contributed by atoms with van der Waals surface area (Å²) >= 11 is 1.94. The van der Waals surface area contributed by atoms with Crippen molar-refractivity contribution >= 4 is 17.7 Å². The molecule has 0 bridgehead atoms. The van der Waals surface area contributed by atoms with Gasteiger partial charge in [-0.05, 0) is 12.5 Å². The fourth-order valence-electron chi connectivity index (χ4n) is 2.58. The molecule has 1 saturated heterocycles. The van der Waals surface area contributed by atoms with Crippen LogP contribution in [0.2, 0.25) is 0 Å². The van der Waals surface area contributed by atoms with E-state index in [0.717, 1.165) is 30.2 Å². The van der Waals surface area contributed by atoms with Crippen molar-refractivity contribution in [3.05, 3.63) is 35.9 Å². The van der Waals surface area contributed by atoms with Crippen molar-refractivity contribution in [1.29, 1.82) is 0 Å². The summed E-state index contributed by atoms with van der Waals surface area (Å²) in [6.45, 7) is 4.87. The fraction of sp³-hybridized carbons (Fsp3) is 0.562. The summed E-state index contributed by atoms with van der Waals surface area (Å²) in [6, 6.07) is 9.83. The molecule has 1 aromatic carbocycles. The summed E-state index contributed by atoms with van der Waals surface area (Å²) in [5.74, 6) is 2.30. The topological polar surface area (TPSA) is 43.8 Å². The van der Waals surface area contributed by atoms with Crippen molar-refractivity contribution in [3.8, 4) is 0 Å². The van der Waals surface area contributed by atoms with E-state index in [-0.39, 0.29) is 18.6 Å². The van der Waals surface area contributed by atoms with Crippen molar-refractivity contribution in [2.45, 2.75) is 19.5 Å². The molecule has 0 saturated carbocycles. The second-order valence-electron chi connectivity index (χ2n) is 5.29. The Morgan fingerprint density at radius 3 is 2.62 bits per heavy atom. The molecule has 1 heterocycles. The molecule has 0 aromatic heterocycles. The Bertz CT molecular complexity index is 435. The molecule has 1 aromatic rings. The Morgan fingerprint density at radius 2 is 2.00 bits per heavy atom. The molecule has 116 valence electrons. The van der Waals surface area contributed by atoms with Crippen LogP contribution < -0.4 is 0 Å². The number of thioether (sulfide) groups is 1. The fourth-order valence-corrected chi connectivity index (χ4v) is 3.51. The first-order valence-electron chi connectivity index (χ1n) is 7.47. The Hall–Kier alpha value is -1.04. The van der Waals surface area contributed by atoms with Crippen LogP contribution in [0.4, 0.5) is 0 Å². The van der Waals surface area contributed by atoms with Gasteiger partial charge in [-0.1, -0.05) is 30.3 Å². The third-order valence-corrected chi connectivity index (χ3v) is 4.79. The van der Waals surface area contributed by atoms with Crippen LogP contribution in [0.15, 0.2) is 30.3 Å². The minimum atomic E-state index is -0.110. The van der Waals surface area contributed by atoms with E-state index in [1.54, 1.807) is 4.90 Å². The number of carbonyl (C=O) groups excluding carboxylic acids is 1. The van der Waals surface area contributed by atoms with Crippen molar-refractivity contribution in [2.24, 2.45) is 0 Å². The van der Waals surface area contributed by atoms with Gasteiger partial charge in [-0.25, -0.2) is 0 Å². The van der Waals surface area contributed by atoms with Gasteiger partial charge in [-0.2, -0.15) is 11.8 Å². The number of aliphatic hydroxyl groups excluding tert-OH is 1. The van der Waals surface area contributed by atoms with Crippen LogP contribution in [0.5, 0.6) is 0 Å². The van der Waals surface area contributed by atoms with Crippen LogP contribution in [-0.2, 0) is 11.3 Å². The van der Waals surface area contributed by atoms with Crippen LogP contribution in [0.3, 0.4) is 0 Å². The van der Waals surface area contributed by atoms with E-state index in [1.807, 2.05) is 49.0 Å². The molecule has 0 spiro atoms. The van der Waals surface area contributed by atoms with E-state index in [9.17, 15) is 9.90 Å². The lowest BCUT2D eigenvalue weighted by Gasteiger charge is -2.34. The summed E-state index contributed by atoms with van der Waals surface area (Å²) in [7, 11) is 0. The van der Waals surface area contributed by atoms with E-state index >= 15 is 0 Å². The lowest BCUT2D eigenvalue weighted by molar-refractivity contribution is -0.137. The van der Waals surface area contributed by atoms with Crippen molar-refractivity contribution < 1.29 is 9.90 Å². The minimum absolute atomic E-state index is 0.00114. The molecule has 1 atom stereocenters. The van der Waals surface area contributed by atoms with Crippen LogP contribution in [0.1, 0.15) is 12.5 Å². The number of aliphatic hydroxyl groups is 1. The molecule has 1 aliphatic rings. The molecule has 4 nitrogen and oxygen atoms in total. The molecule has 21 heavy (non-hydrogen) atoms. The van der Waals surface area contributed by atoms with Crippen LogP contribution in [-0.4, -0.2) is 64.6 Å². The molecule has 5 heteroatoms. The predicted molar refractivity (Wildman–Crippen MR) is 87.3 cm³/mol. The third kappa shape index (κ3) is 4.73. The average Bonchev–Trinajstić information content (AvgIpc) is 2.55. The van der Waals surface area contributed by atoms with Crippen molar-refractivity contribution in [1.82, 2.24) is 9.80 Å². The molecule has 0 aliphatic carbocycles. The van der Waals surface area contributed by atoms with Crippen molar-refractivity contribution in [2.75, 3.05) is 37.7 Å². The lowest BCUT2D eigenvalue weighted by Crippen LogP contribution is -2.50. The Morgan fingerprint density at radius 1 is 1.33 bits per heavy atom. The molecular formula is C16H24N2O2S. The highest BCUT2D eigenvalue weighted by Gasteiger charge is 2.26. The number of hydrogen-bond acceptors (Lipinski definition) is 4. The van der Waals surface area contributed by atoms with Gasteiger partial charge in [0, 0.05) is 37.7 Å². The van der Waals surface area contributed by atoms with E-state index in [1.165, 1.54) is 0 Å². The maximum absolute atomic E-state index is 12.7. The summed E-state index contributed by atoms with van der Waals surface area (Å²) in [4.78, 5) is 16.7. The Labute approximate surface area is 131 Å². The number of amides is 1. The highest BCUT2D eigenvalue weighted by Crippen LogP contribution is 2.15. The Kier molecular flexibility index (Phi) is 6.54. The molecular weight excluding hydrogens is 284 g/mol. The van der Waals surface area contributed by atoms with Crippen LogP contribution >= 0.6 is 11.8 Å². The van der Waals surface area contributed by atoms with Gasteiger partial charge in [0.2, 0.25) is 5.91 Å². The monoisotopic (exact) mass is 308 g/mol. The zero-order chi connectivity index (χ0) is 15.1. The Balaban J connectivity index is 2.00. The standard InChI is InChI=1S/C16H24N2O2S/c1-14(17-8-11-21-12-9-17)16(20)18(7-10-19)13-15-5-3-2-4-6-15/h2-6,14,19H,7-13H2,1H3/t14-/m0/s1. The largest absolute Gasteiger partial charge is 0.395 e. The second-order valence-corrected chi connectivity index (χ2v) is 6.52. The number of nitrogens with zero attached hydrogens (tertiary/aromatic N) is 2. The van der Waals surface area contributed by atoms with Gasteiger partial charge >= 0.3 is 0 Å². The third-order valence-electron chi connectivity index (χ3n) is 3.85. The smallest absolute Gasteiger partial charge is 0.240 e. The van der Waals surface area contributed by atoms with Gasteiger partial charge in [-0.15, -0.1) is 0 Å². The van der Waals surface area contributed by atoms with Crippen LogP contribution in [0, 0.1) is 0 Å². The van der Waals surface area contributed by atoms with E-state index in [0.29, 0.717) is 13.1 Å². The first kappa shape index (κ1) is 16.3. The molecule has 1 amide bonds. The molecule has 0 radical (unpaired) electrons. The maximum atomic E-state index is 12.7. The van der Waals surface area contributed by atoms with Gasteiger partial charge in [0.25, 0.3) is 0 Å². The van der Waals surface area contributed by atoms with Gasteiger partial charge in [-0.3, -0.25) is 9.69 Å². The number of carbonyl (C=O) groups is 1. The first-order valence-corrected chi connectivity index (χ1v) is 8.63. The minimum Gasteiger partial charge on any atom is -0.395 e. The second kappa shape index (κ2) is 8.41. The highest BCUT2D eigenvalue weighted by molar-refractivity contribution is 7.99. The zero-order valence-corrected chi connectivity index (χ0v) is 13.4. The van der Waals surface area contributed by atoms with E-state index in [2.05, 4.69) is 4.90 Å². The first-order chi connectivity index (χ1) is 10.2. The normalized spacial score (nSPS) is 17.4. The number of hydrogen-bond donors (Lipinski definition) is 1. The van der Waals surface area contributed by atoms with Gasteiger partial charge in [0.15, 0.2) is 0 Å². The summed E-state index contributed by atoms with van der Waals surface area (Å²) in [6.07, 6.45) is 0. The quantitative estimate of drug-likeness (QED) is 0.864. The highest BCUT2D eigenvalue weighted by atomic mass is 32.2. The molecule has 1 N–H and O–H groups in total. The zero-order valence-electron chi connectivity index (χ0n) is 12.6. The molecule has 1 aliphatic heterocycles. The molecule has 0 unspecified atom stereocenters. The average molecular weight is 308 g/mol. The SMILES string of the molecule is C[C@@H](C(=O)N(CCO)Cc1ccccc1)N1CCSCC1. The van der Waals surface area contributed by atoms with Gasteiger partial charge in [0.05, 0.1) is 12.6 Å².